The Morgan fingerprint density at radius 2 is 2.10 bits per heavy atom. The molecule has 6 rings (SSSR count). The first-order valence-corrected chi connectivity index (χ1v) is 9.59. The van der Waals surface area contributed by atoms with Gasteiger partial charge in [-0.2, -0.15) is 0 Å². The molecule has 5 heterocycles. The first-order chi connectivity index (χ1) is 14.8. The van der Waals surface area contributed by atoms with Crippen LogP contribution in [0.15, 0.2) is 60.1 Å². The molecule has 2 aliphatic heterocycles. The van der Waals surface area contributed by atoms with Crippen LogP contribution in [0.25, 0.3) is 11.4 Å². The molecule has 0 aliphatic carbocycles. The molecule has 0 saturated carbocycles. The number of aromatic nitrogens is 6. The highest BCUT2D eigenvalue weighted by molar-refractivity contribution is 5.95. The molecule has 9 nitrogen and oxygen atoms in total. The summed E-state index contributed by atoms with van der Waals surface area (Å²) in [6.07, 6.45) is 5.72. The summed E-state index contributed by atoms with van der Waals surface area (Å²) in [4.78, 5) is 13.7. The number of ether oxygens (including phenoxy) is 2. The highest BCUT2D eigenvalue weighted by atomic mass is 16.5. The van der Waals surface area contributed by atoms with E-state index < -0.39 is 0 Å². The molecule has 0 fully saturated rings. The van der Waals surface area contributed by atoms with Gasteiger partial charge in [-0.15, -0.1) is 5.10 Å². The van der Waals surface area contributed by atoms with Crippen molar-refractivity contribution in [3.63, 3.8) is 0 Å². The van der Waals surface area contributed by atoms with Gasteiger partial charge in [-0.05, 0) is 24.3 Å². The van der Waals surface area contributed by atoms with Crippen LogP contribution in [-0.4, -0.2) is 49.1 Å². The Balaban J connectivity index is 1.43. The van der Waals surface area contributed by atoms with Crippen LogP contribution in [-0.2, 0) is 11.2 Å². The van der Waals surface area contributed by atoms with Gasteiger partial charge in [0, 0.05) is 18.7 Å². The second-order valence-corrected chi connectivity index (χ2v) is 7.09. The Bertz CT molecular complexity index is 1280. The van der Waals surface area contributed by atoms with Crippen LogP contribution >= 0.6 is 0 Å². The summed E-state index contributed by atoms with van der Waals surface area (Å²) in [6, 6.07) is 11.7. The van der Waals surface area contributed by atoms with Crippen LogP contribution in [0.2, 0.25) is 0 Å². The summed E-state index contributed by atoms with van der Waals surface area (Å²) in [6.45, 7) is 0.520. The summed E-state index contributed by atoms with van der Waals surface area (Å²) in [5.74, 6) is 1.29. The number of hydrogen-bond acceptors (Lipinski definition) is 7. The molecule has 1 unspecified atom stereocenters. The molecule has 0 spiro atoms. The number of nitrogens with zero attached hydrogens (tertiary/aromatic N) is 7. The predicted molar refractivity (Wildman–Crippen MR) is 107 cm³/mol. The van der Waals surface area contributed by atoms with Crippen molar-refractivity contribution in [1.29, 1.82) is 0 Å². The van der Waals surface area contributed by atoms with E-state index >= 15 is 0 Å². The van der Waals surface area contributed by atoms with Crippen LogP contribution in [0.5, 0.6) is 5.75 Å². The van der Waals surface area contributed by atoms with Crippen molar-refractivity contribution in [1.82, 2.24) is 29.5 Å². The highest BCUT2D eigenvalue weighted by Gasteiger charge is 2.30. The van der Waals surface area contributed by atoms with Crippen LogP contribution in [0.4, 0.5) is 0 Å². The fraction of sp³-hybridized carbons (Fsp3) is 0.190. The van der Waals surface area contributed by atoms with Crippen molar-refractivity contribution in [2.24, 2.45) is 4.99 Å². The molecule has 30 heavy (non-hydrogen) atoms. The standard InChI is InChI=1S/C21H17N7O2/c1-29-14-5-6-16-17(9-14)28-13(10-25-26-28)8-18-20(24-12-27(16)18)21-23-11-19(30-21)15-4-2-3-7-22-15/h2-7,9-10,12,19H,8,11H2,1H3. The van der Waals surface area contributed by atoms with Gasteiger partial charge in [-0.1, -0.05) is 11.3 Å². The van der Waals surface area contributed by atoms with Crippen molar-refractivity contribution < 1.29 is 9.47 Å². The van der Waals surface area contributed by atoms with Crippen molar-refractivity contribution >= 4 is 5.90 Å². The number of imidazole rings is 1. The van der Waals surface area contributed by atoms with Crippen molar-refractivity contribution in [3.8, 4) is 17.1 Å². The molecular weight excluding hydrogens is 382 g/mol. The molecule has 1 atom stereocenters. The number of hydrogen-bond donors (Lipinski definition) is 0. The smallest absolute Gasteiger partial charge is 0.238 e. The summed E-state index contributed by atoms with van der Waals surface area (Å²) < 4.78 is 15.4. The topological polar surface area (TPSA) is 92.2 Å². The van der Waals surface area contributed by atoms with Gasteiger partial charge in [-0.3, -0.25) is 9.55 Å². The van der Waals surface area contributed by atoms with Gasteiger partial charge < -0.3 is 9.47 Å². The van der Waals surface area contributed by atoms with Gasteiger partial charge in [0.15, 0.2) is 6.10 Å². The lowest BCUT2D eigenvalue weighted by Gasteiger charge is -2.12. The predicted octanol–water partition coefficient (Wildman–Crippen LogP) is 2.28. The summed E-state index contributed by atoms with van der Waals surface area (Å²) in [5.41, 5.74) is 5.33. The normalized spacial score (nSPS) is 16.7. The molecule has 1 aromatic carbocycles. The third-order valence-electron chi connectivity index (χ3n) is 5.38. The maximum absolute atomic E-state index is 6.15. The van der Waals surface area contributed by atoms with E-state index in [2.05, 4.69) is 29.8 Å². The molecule has 0 bridgehead atoms. The molecule has 0 amide bonds. The Hall–Kier alpha value is -4.01. The van der Waals surface area contributed by atoms with E-state index in [1.54, 1.807) is 25.8 Å². The van der Waals surface area contributed by atoms with E-state index in [4.69, 9.17) is 9.47 Å². The minimum atomic E-state index is -0.201. The third kappa shape index (κ3) is 2.52. The zero-order chi connectivity index (χ0) is 20.1. The van der Waals surface area contributed by atoms with Gasteiger partial charge in [0.2, 0.25) is 5.90 Å². The average Bonchev–Trinajstić information content (AvgIpc) is 3.53. The first-order valence-electron chi connectivity index (χ1n) is 9.59. The zero-order valence-corrected chi connectivity index (χ0v) is 16.1. The molecule has 3 aromatic heterocycles. The molecule has 0 N–H and O–H groups in total. The maximum atomic E-state index is 6.15. The number of pyridine rings is 1. The molecule has 9 heteroatoms. The molecule has 148 valence electrons. The van der Waals surface area contributed by atoms with E-state index in [9.17, 15) is 0 Å². The Morgan fingerprint density at radius 1 is 1.13 bits per heavy atom. The molecule has 0 saturated heterocycles. The van der Waals surface area contributed by atoms with Gasteiger partial charge in [0.25, 0.3) is 0 Å². The number of methoxy groups -OCH3 is 1. The lowest BCUT2D eigenvalue weighted by molar-refractivity contribution is 0.224. The largest absolute Gasteiger partial charge is 0.497 e. The van der Waals surface area contributed by atoms with Gasteiger partial charge >= 0.3 is 0 Å². The second-order valence-electron chi connectivity index (χ2n) is 7.09. The number of fused-ring (bicyclic) bond motifs is 5. The molecule has 4 aromatic rings. The lowest BCUT2D eigenvalue weighted by atomic mass is 10.2. The molecular formula is C21H17N7O2. The Morgan fingerprint density at radius 3 is 2.97 bits per heavy atom. The fourth-order valence-corrected chi connectivity index (χ4v) is 3.91. The Kier molecular flexibility index (Phi) is 3.67. The number of rotatable bonds is 3. The number of benzene rings is 1. The summed E-state index contributed by atoms with van der Waals surface area (Å²) in [7, 11) is 1.65. The van der Waals surface area contributed by atoms with Gasteiger partial charge in [-0.25, -0.2) is 14.7 Å². The van der Waals surface area contributed by atoms with Crippen molar-refractivity contribution in [2.45, 2.75) is 12.5 Å². The minimum Gasteiger partial charge on any atom is -0.497 e. The minimum absolute atomic E-state index is 0.201. The van der Waals surface area contributed by atoms with E-state index in [1.807, 2.05) is 41.1 Å². The fourth-order valence-electron chi connectivity index (χ4n) is 3.91. The highest BCUT2D eigenvalue weighted by Crippen LogP contribution is 2.33. The SMILES string of the molecule is COc1ccc2c(c1)-n1nncc1Cc1c(C3=NCC(c4ccccn4)O3)ncn1-2. The molecule has 2 aliphatic rings. The van der Waals surface area contributed by atoms with E-state index in [0.29, 0.717) is 18.9 Å². The number of aliphatic imine (C=N–C) groups is 1. The molecule has 0 radical (unpaired) electrons. The van der Waals surface area contributed by atoms with Crippen molar-refractivity contribution in [3.05, 3.63) is 77.9 Å². The van der Waals surface area contributed by atoms with E-state index in [-0.39, 0.29) is 6.10 Å². The van der Waals surface area contributed by atoms with Crippen LogP contribution in [0.1, 0.15) is 28.9 Å². The van der Waals surface area contributed by atoms with Crippen LogP contribution in [0.3, 0.4) is 0 Å². The first kappa shape index (κ1) is 16.9. The van der Waals surface area contributed by atoms with Gasteiger partial charge in [0.1, 0.15) is 17.8 Å². The average molecular weight is 399 g/mol. The van der Waals surface area contributed by atoms with Crippen LogP contribution < -0.4 is 4.74 Å². The maximum Gasteiger partial charge on any atom is 0.238 e. The Labute approximate surface area is 171 Å². The van der Waals surface area contributed by atoms with E-state index in [1.165, 1.54) is 0 Å². The monoisotopic (exact) mass is 399 g/mol. The lowest BCUT2D eigenvalue weighted by Crippen LogP contribution is -2.11. The van der Waals surface area contributed by atoms with Gasteiger partial charge in [0.05, 0.1) is 48.3 Å². The zero-order valence-electron chi connectivity index (χ0n) is 16.1. The van der Waals surface area contributed by atoms with E-state index in [0.717, 1.165) is 39.9 Å². The third-order valence-corrected chi connectivity index (χ3v) is 5.38. The summed E-state index contributed by atoms with van der Waals surface area (Å²) >= 11 is 0. The van der Waals surface area contributed by atoms with Crippen LogP contribution in [0, 0.1) is 0 Å². The summed E-state index contributed by atoms with van der Waals surface area (Å²) in [5, 5.41) is 8.39. The second kappa shape index (κ2) is 6.51. The quantitative estimate of drug-likeness (QED) is 0.462. The van der Waals surface area contributed by atoms with Crippen molar-refractivity contribution in [2.75, 3.05) is 13.7 Å².